The van der Waals surface area contributed by atoms with E-state index in [9.17, 15) is 19.7 Å². The number of carbonyl (C=O) groups excluding carboxylic acids is 2. The lowest BCUT2D eigenvalue weighted by molar-refractivity contribution is -0.384. The van der Waals surface area contributed by atoms with Gasteiger partial charge in [-0.3, -0.25) is 20.3 Å². The van der Waals surface area contributed by atoms with Gasteiger partial charge in [0.15, 0.2) is 0 Å². The first-order valence-electron chi connectivity index (χ1n) is 6.43. The van der Waals surface area contributed by atoms with Crippen molar-refractivity contribution in [3.05, 3.63) is 67.6 Å². The summed E-state index contributed by atoms with van der Waals surface area (Å²) in [7, 11) is 0. The molecule has 0 aliphatic carbocycles. The Kier molecular flexibility index (Phi) is 5.72. The molecule has 124 valence electrons. The lowest BCUT2D eigenvalue weighted by atomic mass is 10.2. The van der Waals surface area contributed by atoms with Crippen molar-refractivity contribution in [2.75, 3.05) is 5.32 Å². The molecular weight excluding hydrogens is 404 g/mol. The highest BCUT2D eigenvalue weighted by atomic mass is 79.9. The summed E-state index contributed by atoms with van der Waals surface area (Å²) in [5, 5.41) is 13.3. The van der Waals surface area contributed by atoms with E-state index in [-0.39, 0.29) is 22.0 Å². The number of rotatable bonds is 3. The van der Waals surface area contributed by atoms with E-state index in [2.05, 4.69) is 32.1 Å². The molecule has 0 unspecified atom stereocenters. The van der Waals surface area contributed by atoms with E-state index in [0.29, 0.717) is 4.47 Å². The number of nitro groups is 1. The number of carbonyl (C=O) groups is 2. The Morgan fingerprint density at radius 2 is 1.88 bits per heavy atom. The number of amides is 3. The summed E-state index contributed by atoms with van der Waals surface area (Å²) in [4.78, 5) is 33.8. The van der Waals surface area contributed by atoms with Crippen molar-refractivity contribution < 1.29 is 14.5 Å². The summed E-state index contributed by atoms with van der Waals surface area (Å²) in [5.74, 6) is -0.615. The third-order valence-corrected chi connectivity index (χ3v) is 3.60. The van der Waals surface area contributed by atoms with Crippen LogP contribution in [-0.2, 0) is 0 Å². The van der Waals surface area contributed by atoms with Crippen LogP contribution in [0.4, 0.5) is 16.2 Å². The number of nitrogens with one attached hydrogen (secondary N) is 3. The first-order valence-corrected chi connectivity index (χ1v) is 7.61. The number of non-ortho nitro benzene ring substituents is 1. The van der Waals surface area contributed by atoms with Crippen LogP contribution in [-0.4, -0.2) is 16.9 Å². The van der Waals surface area contributed by atoms with Gasteiger partial charge in [-0.1, -0.05) is 33.6 Å². The smallest absolute Gasteiger partial charge is 0.306 e. The summed E-state index contributed by atoms with van der Waals surface area (Å²) in [6, 6.07) is 9.30. The molecule has 0 aromatic heterocycles. The molecule has 0 saturated carbocycles. The fraction of sp³-hybridized carbons (Fsp3) is 0. The zero-order valence-corrected chi connectivity index (χ0v) is 14.2. The Balaban J connectivity index is 1.96. The van der Waals surface area contributed by atoms with E-state index in [1.165, 1.54) is 36.4 Å². The Morgan fingerprint density at radius 1 is 1.12 bits per heavy atom. The number of hydrogen-bond acceptors (Lipinski definition) is 4. The minimum Gasteiger partial charge on any atom is -0.306 e. The molecule has 24 heavy (non-hydrogen) atoms. The number of hydrogen-bond donors (Lipinski definition) is 3. The lowest BCUT2D eigenvalue weighted by Crippen LogP contribution is -2.44. The van der Waals surface area contributed by atoms with E-state index in [0.717, 1.165) is 0 Å². The maximum Gasteiger partial charge on any atom is 0.337 e. The zero-order valence-electron chi connectivity index (χ0n) is 11.9. The summed E-state index contributed by atoms with van der Waals surface area (Å²) in [5.41, 5.74) is 4.52. The molecular formula is C14H10BrClN4O4. The van der Waals surface area contributed by atoms with Gasteiger partial charge >= 0.3 is 6.03 Å². The molecule has 0 atom stereocenters. The molecule has 2 aromatic rings. The molecule has 0 aliphatic heterocycles. The van der Waals surface area contributed by atoms with E-state index >= 15 is 0 Å². The van der Waals surface area contributed by atoms with Crippen LogP contribution in [0.15, 0.2) is 46.9 Å². The molecule has 0 fully saturated rings. The minimum atomic E-state index is -0.769. The molecule has 0 radical (unpaired) electrons. The quantitative estimate of drug-likeness (QED) is 0.528. The van der Waals surface area contributed by atoms with Crippen molar-refractivity contribution in [1.29, 1.82) is 0 Å². The molecule has 0 saturated heterocycles. The van der Waals surface area contributed by atoms with Crippen molar-refractivity contribution in [2.45, 2.75) is 0 Å². The molecule has 0 aliphatic rings. The van der Waals surface area contributed by atoms with Crippen molar-refractivity contribution in [2.24, 2.45) is 0 Å². The Morgan fingerprint density at radius 3 is 2.58 bits per heavy atom. The van der Waals surface area contributed by atoms with Gasteiger partial charge in [0.2, 0.25) is 0 Å². The van der Waals surface area contributed by atoms with Crippen LogP contribution >= 0.6 is 27.5 Å². The van der Waals surface area contributed by atoms with Gasteiger partial charge < -0.3 is 5.32 Å². The average molecular weight is 414 g/mol. The lowest BCUT2D eigenvalue weighted by Gasteiger charge is -2.10. The monoisotopic (exact) mass is 412 g/mol. The maximum atomic E-state index is 12.0. The van der Waals surface area contributed by atoms with E-state index in [4.69, 9.17) is 11.6 Å². The van der Waals surface area contributed by atoms with Gasteiger partial charge in [0.25, 0.3) is 11.6 Å². The number of benzene rings is 2. The van der Waals surface area contributed by atoms with Gasteiger partial charge in [0.05, 0.1) is 15.5 Å². The largest absolute Gasteiger partial charge is 0.337 e. The second-order valence-electron chi connectivity index (χ2n) is 4.46. The van der Waals surface area contributed by atoms with Crippen molar-refractivity contribution >= 4 is 50.8 Å². The van der Waals surface area contributed by atoms with E-state index in [1.54, 1.807) is 6.07 Å². The highest BCUT2D eigenvalue weighted by molar-refractivity contribution is 9.10. The predicted molar refractivity (Wildman–Crippen MR) is 91.9 cm³/mol. The molecule has 8 nitrogen and oxygen atoms in total. The normalized spacial score (nSPS) is 9.92. The fourth-order valence-corrected chi connectivity index (χ4v) is 2.28. The third kappa shape index (κ3) is 4.67. The van der Waals surface area contributed by atoms with Crippen LogP contribution in [0.2, 0.25) is 5.02 Å². The summed E-state index contributed by atoms with van der Waals surface area (Å²) >= 11 is 9.12. The van der Waals surface area contributed by atoms with Crippen LogP contribution in [0.25, 0.3) is 0 Å². The molecule has 10 heteroatoms. The maximum absolute atomic E-state index is 12.0. The minimum absolute atomic E-state index is 0.168. The SMILES string of the molecule is O=C(NNC(=O)c1cc(Br)ccc1Cl)Nc1cccc([N+](=O)[O-])c1. The number of halogens is 2. The molecule has 3 N–H and O–H groups in total. The Bertz CT molecular complexity index is 815. The molecule has 2 rings (SSSR count). The molecule has 0 spiro atoms. The van der Waals surface area contributed by atoms with Gasteiger partial charge in [-0.05, 0) is 24.3 Å². The summed E-state index contributed by atoms with van der Waals surface area (Å²) in [6.07, 6.45) is 0. The second-order valence-corrected chi connectivity index (χ2v) is 5.79. The van der Waals surface area contributed by atoms with Crippen LogP contribution in [0, 0.1) is 10.1 Å². The van der Waals surface area contributed by atoms with E-state index < -0.39 is 16.9 Å². The highest BCUT2D eigenvalue weighted by Gasteiger charge is 2.12. The zero-order chi connectivity index (χ0) is 17.7. The highest BCUT2D eigenvalue weighted by Crippen LogP contribution is 2.20. The first kappa shape index (κ1) is 17.7. The third-order valence-electron chi connectivity index (χ3n) is 2.78. The van der Waals surface area contributed by atoms with Gasteiger partial charge in [-0.25, -0.2) is 10.2 Å². The van der Waals surface area contributed by atoms with E-state index in [1.807, 2.05) is 0 Å². The number of anilines is 1. The van der Waals surface area contributed by atoms with Crippen LogP contribution in [0.3, 0.4) is 0 Å². The summed E-state index contributed by atoms with van der Waals surface area (Å²) < 4.78 is 0.651. The van der Waals surface area contributed by atoms with Crippen LogP contribution in [0.1, 0.15) is 10.4 Å². The average Bonchev–Trinajstić information content (AvgIpc) is 2.55. The Hall–Kier alpha value is -2.65. The molecule has 0 heterocycles. The standard InChI is InChI=1S/C14H10BrClN4O4/c15-8-4-5-12(16)11(6-8)13(21)18-19-14(22)17-9-2-1-3-10(7-9)20(23)24/h1-7H,(H,18,21)(H2,17,19,22). The fourth-order valence-electron chi connectivity index (χ4n) is 1.71. The Labute approximate surface area is 149 Å². The molecule has 2 aromatic carbocycles. The molecule has 0 bridgehead atoms. The number of nitrogens with zero attached hydrogens (tertiary/aromatic N) is 1. The van der Waals surface area contributed by atoms with Crippen LogP contribution in [0.5, 0.6) is 0 Å². The number of hydrazine groups is 1. The van der Waals surface area contributed by atoms with Crippen molar-refractivity contribution in [1.82, 2.24) is 10.9 Å². The number of urea groups is 1. The second kappa shape index (κ2) is 7.75. The van der Waals surface area contributed by atoms with Gasteiger partial charge in [0.1, 0.15) is 0 Å². The van der Waals surface area contributed by atoms with Crippen LogP contribution < -0.4 is 16.2 Å². The first-order chi connectivity index (χ1) is 11.4. The van der Waals surface area contributed by atoms with Crippen molar-refractivity contribution in [3.63, 3.8) is 0 Å². The number of nitro benzene ring substituents is 1. The summed E-state index contributed by atoms with van der Waals surface area (Å²) in [6.45, 7) is 0. The van der Waals surface area contributed by atoms with Gasteiger partial charge in [0, 0.05) is 22.3 Å². The van der Waals surface area contributed by atoms with Gasteiger partial charge in [-0.2, -0.15) is 0 Å². The predicted octanol–water partition coefficient (Wildman–Crippen LogP) is 3.48. The topological polar surface area (TPSA) is 113 Å². The van der Waals surface area contributed by atoms with Crippen molar-refractivity contribution in [3.8, 4) is 0 Å². The van der Waals surface area contributed by atoms with Gasteiger partial charge in [-0.15, -0.1) is 0 Å². The molecule has 3 amide bonds.